The van der Waals surface area contributed by atoms with E-state index < -0.39 is 13.9 Å². The summed E-state index contributed by atoms with van der Waals surface area (Å²) < 4.78 is 31.9. The number of quaternary nitrogens is 1. The van der Waals surface area contributed by atoms with Gasteiger partial charge >= 0.3 is 0 Å². The van der Waals surface area contributed by atoms with E-state index in [2.05, 4.69) is 6.58 Å². The Morgan fingerprint density at radius 1 is 1.30 bits per heavy atom. The molecule has 0 N–H and O–H groups in total. The van der Waals surface area contributed by atoms with Gasteiger partial charge in [-0.05, 0) is 0 Å². The van der Waals surface area contributed by atoms with Crippen LogP contribution in [-0.2, 0) is 23.1 Å². The maximum Gasteiger partial charge on any atom is 0.268 e. The number of ether oxygens (including phenoxy) is 2. The summed E-state index contributed by atoms with van der Waals surface area (Å²) in [5.41, 5.74) is 0. The molecule has 2 unspecified atom stereocenters. The third-order valence-corrected chi connectivity index (χ3v) is 3.27. The molecule has 0 amide bonds. The Morgan fingerprint density at radius 3 is 2.45 bits per heavy atom. The van der Waals surface area contributed by atoms with Crippen LogP contribution in [0.25, 0.3) is 0 Å². The predicted molar refractivity (Wildman–Crippen MR) is 74.2 cm³/mol. The molecule has 0 aromatic heterocycles. The zero-order valence-electron chi connectivity index (χ0n) is 12.7. The molecule has 0 heterocycles. The largest absolute Gasteiger partial charge is 0.756 e. The third kappa shape index (κ3) is 11.5. The molecule has 2 atom stereocenters. The molecule has 7 nitrogen and oxygen atoms in total. The highest BCUT2D eigenvalue weighted by Gasteiger charge is 2.16. The summed E-state index contributed by atoms with van der Waals surface area (Å²) in [5.74, 6) is 0. The van der Waals surface area contributed by atoms with Gasteiger partial charge in [0.05, 0.1) is 41.0 Å². The second-order valence-corrected chi connectivity index (χ2v) is 6.68. The third-order valence-electron chi connectivity index (χ3n) is 2.30. The molecule has 0 aliphatic carbocycles. The number of rotatable bonds is 12. The molecule has 0 fully saturated rings. The predicted octanol–water partition coefficient (Wildman–Crippen LogP) is 0.412. The molecule has 0 rings (SSSR count). The van der Waals surface area contributed by atoms with E-state index in [1.807, 2.05) is 21.1 Å². The fraction of sp³-hybridized carbons (Fsp3) is 0.833. The molecule has 0 bridgehead atoms. The van der Waals surface area contributed by atoms with Crippen molar-refractivity contribution in [1.29, 1.82) is 0 Å². The van der Waals surface area contributed by atoms with E-state index in [0.717, 1.165) is 0 Å². The molecule has 8 heteroatoms. The lowest BCUT2D eigenvalue weighted by Gasteiger charge is -2.28. The van der Waals surface area contributed by atoms with Gasteiger partial charge in [-0.25, -0.2) is 0 Å². The van der Waals surface area contributed by atoms with Gasteiger partial charge in [0.2, 0.25) is 0 Å². The van der Waals surface area contributed by atoms with E-state index in [9.17, 15) is 9.46 Å². The molecular formula is C12H26NO6P. The Kier molecular flexibility index (Phi) is 9.50. The monoisotopic (exact) mass is 311 g/mol. The second kappa shape index (κ2) is 9.63. The Balaban J connectivity index is 3.99. The van der Waals surface area contributed by atoms with Crippen molar-refractivity contribution in [2.75, 3.05) is 61.2 Å². The first kappa shape index (κ1) is 19.7. The smallest absolute Gasteiger partial charge is 0.268 e. The van der Waals surface area contributed by atoms with Crippen LogP contribution in [-0.4, -0.2) is 71.8 Å². The minimum atomic E-state index is -4.30. The molecule has 0 aromatic carbocycles. The van der Waals surface area contributed by atoms with Gasteiger partial charge in [0.15, 0.2) is 0 Å². The van der Waals surface area contributed by atoms with Gasteiger partial charge in [-0.2, -0.15) is 0 Å². The van der Waals surface area contributed by atoms with Gasteiger partial charge in [0.25, 0.3) is 7.82 Å². The minimum absolute atomic E-state index is 0.0783. The molecule has 0 radical (unpaired) electrons. The summed E-state index contributed by atoms with van der Waals surface area (Å²) in [6, 6.07) is 0. The summed E-state index contributed by atoms with van der Waals surface area (Å²) in [7, 11) is 2.98. The van der Waals surface area contributed by atoms with E-state index >= 15 is 0 Å². The van der Waals surface area contributed by atoms with Crippen molar-refractivity contribution in [2.45, 2.75) is 6.10 Å². The SMILES string of the molecule is C=CCOCC(COP(=O)([O-])OCC[N+](C)(C)C)OC. The molecule has 0 spiro atoms. The number of likely N-dealkylation sites (N-methyl/N-ethyl adjacent to an activating group) is 1. The van der Waals surface area contributed by atoms with Crippen LogP contribution >= 0.6 is 7.82 Å². The lowest BCUT2D eigenvalue weighted by Crippen LogP contribution is -2.37. The van der Waals surface area contributed by atoms with Crippen LogP contribution in [0.2, 0.25) is 0 Å². The second-order valence-electron chi connectivity index (χ2n) is 5.27. The number of methoxy groups -OCH3 is 1. The summed E-state index contributed by atoms with van der Waals surface area (Å²) in [4.78, 5) is 11.5. The van der Waals surface area contributed by atoms with Crippen LogP contribution < -0.4 is 4.89 Å². The minimum Gasteiger partial charge on any atom is -0.756 e. The number of phosphoric ester groups is 1. The van der Waals surface area contributed by atoms with E-state index in [1.54, 1.807) is 6.08 Å². The number of nitrogens with zero attached hydrogens (tertiary/aromatic N) is 1. The highest BCUT2D eigenvalue weighted by molar-refractivity contribution is 7.45. The fourth-order valence-corrected chi connectivity index (χ4v) is 1.83. The fourth-order valence-electron chi connectivity index (χ4n) is 1.11. The van der Waals surface area contributed by atoms with Crippen LogP contribution in [0.5, 0.6) is 0 Å². The van der Waals surface area contributed by atoms with Crippen LogP contribution in [0.3, 0.4) is 0 Å². The van der Waals surface area contributed by atoms with Crippen molar-refractivity contribution < 1.29 is 32.5 Å². The lowest BCUT2D eigenvalue weighted by molar-refractivity contribution is -0.870. The van der Waals surface area contributed by atoms with Gasteiger partial charge in [-0.1, -0.05) is 6.08 Å². The van der Waals surface area contributed by atoms with Gasteiger partial charge in [-0.3, -0.25) is 4.57 Å². The molecule has 0 aliphatic rings. The maximum absolute atomic E-state index is 11.5. The average molecular weight is 311 g/mol. The van der Waals surface area contributed by atoms with Gasteiger partial charge < -0.3 is 27.9 Å². The zero-order chi connectivity index (χ0) is 15.6. The van der Waals surface area contributed by atoms with Crippen LogP contribution in [0, 0.1) is 0 Å². The molecule has 120 valence electrons. The van der Waals surface area contributed by atoms with E-state index in [-0.39, 0.29) is 19.8 Å². The molecule has 0 aromatic rings. The average Bonchev–Trinajstić information content (AvgIpc) is 2.31. The quantitative estimate of drug-likeness (QED) is 0.225. The summed E-state index contributed by atoms with van der Waals surface area (Å²) >= 11 is 0. The zero-order valence-corrected chi connectivity index (χ0v) is 13.6. The Bertz CT molecular complexity index is 318. The van der Waals surface area contributed by atoms with Gasteiger partial charge in [-0.15, -0.1) is 6.58 Å². The van der Waals surface area contributed by atoms with Crippen molar-refractivity contribution in [2.24, 2.45) is 0 Å². The molecule has 0 aliphatic heterocycles. The van der Waals surface area contributed by atoms with Crippen molar-refractivity contribution in [3.05, 3.63) is 12.7 Å². The lowest BCUT2D eigenvalue weighted by atomic mass is 10.4. The topological polar surface area (TPSA) is 77.1 Å². The Morgan fingerprint density at radius 2 is 1.95 bits per heavy atom. The van der Waals surface area contributed by atoms with Crippen LogP contribution in [0.15, 0.2) is 12.7 Å². The molecule has 0 saturated carbocycles. The standard InChI is InChI=1S/C12H26NO6P/c1-6-8-17-10-12(16-5)11-19-20(14,15)18-9-7-13(2,3)4/h6,12H,1,7-11H2,2-5H3. The van der Waals surface area contributed by atoms with E-state index in [0.29, 0.717) is 17.6 Å². The first-order valence-electron chi connectivity index (χ1n) is 6.32. The van der Waals surface area contributed by atoms with Crippen molar-refractivity contribution in [3.8, 4) is 0 Å². The van der Waals surface area contributed by atoms with E-state index in [1.165, 1.54) is 7.11 Å². The highest BCUT2D eigenvalue weighted by Crippen LogP contribution is 2.38. The van der Waals surface area contributed by atoms with Crippen molar-refractivity contribution in [3.63, 3.8) is 0 Å². The Hall–Kier alpha value is -0.270. The van der Waals surface area contributed by atoms with Crippen molar-refractivity contribution >= 4 is 7.82 Å². The first-order valence-corrected chi connectivity index (χ1v) is 7.78. The Labute approximate surface area is 121 Å². The molecular weight excluding hydrogens is 285 g/mol. The van der Waals surface area contributed by atoms with Crippen LogP contribution in [0.1, 0.15) is 0 Å². The molecule has 0 saturated heterocycles. The number of hydrogen-bond donors (Lipinski definition) is 0. The van der Waals surface area contributed by atoms with Crippen LogP contribution in [0.4, 0.5) is 0 Å². The first-order chi connectivity index (χ1) is 9.20. The maximum atomic E-state index is 11.5. The van der Waals surface area contributed by atoms with Gasteiger partial charge in [0, 0.05) is 7.11 Å². The summed E-state index contributed by atoms with van der Waals surface area (Å²) in [6.07, 6.45) is 1.12. The summed E-state index contributed by atoms with van der Waals surface area (Å²) in [6.45, 7) is 4.60. The van der Waals surface area contributed by atoms with E-state index in [4.69, 9.17) is 18.5 Å². The van der Waals surface area contributed by atoms with Gasteiger partial charge in [0.1, 0.15) is 19.3 Å². The normalized spacial score (nSPS) is 16.6. The number of hydrogen-bond acceptors (Lipinski definition) is 6. The number of phosphoric acid groups is 1. The van der Waals surface area contributed by atoms with Crippen molar-refractivity contribution in [1.82, 2.24) is 0 Å². The molecule has 20 heavy (non-hydrogen) atoms. The summed E-state index contributed by atoms with van der Waals surface area (Å²) in [5, 5.41) is 0. The highest BCUT2D eigenvalue weighted by atomic mass is 31.2.